The van der Waals surface area contributed by atoms with Crippen molar-refractivity contribution in [2.24, 2.45) is 5.10 Å². The van der Waals surface area contributed by atoms with E-state index in [2.05, 4.69) is 17.5 Å². The molecule has 0 fully saturated rings. The van der Waals surface area contributed by atoms with Crippen LogP contribution in [0.5, 0.6) is 23.0 Å². The summed E-state index contributed by atoms with van der Waals surface area (Å²) in [5.74, 6) is 1.05. The van der Waals surface area contributed by atoms with E-state index in [-0.39, 0.29) is 12.4 Å². The molecule has 0 aliphatic rings. The van der Waals surface area contributed by atoms with Gasteiger partial charge < -0.3 is 18.9 Å². The maximum absolute atomic E-state index is 12.4. The van der Waals surface area contributed by atoms with Crippen LogP contribution in [0.2, 0.25) is 0 Å². The number of rotatable bonds is 12. The van der Waals surface area contributed by atoms with Crippen molar-refractivity contribution in [1.82, 2.24) is 5.43 Å². The summed E-state index contributed by atoms with van der Waals surface area (Å²) in [5, 5.41) is 3.94. The highest BCUT2D eigenvalue weighted by atomic mass is 16.6. The molecular weight excluding hydrogens is 460 g/mol. The van der Waals surface area contributed by atoms with Gasteiger partial charge >= 0.3 is 5.97 Å². The van der Waals surface area contributed by atoms with E-state index < -0.39 is 11.9 Å². The minimum atomic E-state index is -0.486. The SMILES string of the molecule is CCCCOc1ccc(OCC(=O)NN=Cc2ccc(OC(=O)c3ccc(C)cc3)c(OC)c2)cc1. The Bertz CT molecular complexity index is 1170. The average Bonchev–Trinajstić information content (AvgIpc) is 2.89. The summed E-state index contributed by atoms with van der Waals surface area (Å²) < 4.78 is 21.9. The number of amides is 1. The van der Waals surface area contributed by atoms with Crippen LogP contribution in [0.4, 0.5) is 0 Å². The first-order valence-corrected chi connectivity index (χ1v) is 11.6. The van der Waals surface area contributed by atoms with Crippen molar-refractivity contribution >= 4 is 18.1 Å². The molecule has 0 atom stereocenters. The molecule has 0 spiro atoms. The zero-order valence-electron chi connectivity index (χ0n) is 20.7. The number of ether oxygens (including phenoxy) is 4. The Kier molecular flexibility index (Phi) is 9.88. The van der Waals surface area contributed by atoms with Gasteiger partial charge in [-0.05, 0) is 73.5 Å². The van der Waals surface area contributed by atoms with Crippen molar-refractivity contribution in [3.8, 4) is 23.0 Å². The molecule has 0 radical (unpaired) electrons. The minimum Gasteiger partial charge on any atom is -0.494 e. The van der Waals surface area contributed by atoms with E-state index in [1.54, 1.807) is 54.6 Å². The Morgan fingerprint density at radius 1 is 0.917 bits per heavy atom. The summed E-state index contributed by atoms with van der Waals surface area (Å²) >= 11 is 0. The minimum absolute atomic E-state index is 0.190. The first-order valence-electron chi connectivity index (χ1n) is 11.6. The van der Waals surface area contributed by atoms with E-state index in [0.29, 0.717) is 29.2 Å². The summed E-state index contributed by atoms with van der Waals surface area (Å²) in [6, 6.07) is 19.1. The summed E-state index contributed by atoms with van der Waals surface area (Å²) in [7, 11) is 1.47. The zero-order chi connectivity index (χ0) is 25.8. The van der Waals surface area contributed by atoms with Crippen molar-refractivity contribution < 1.29 is 28.5 Å². The number of nitrogens with zero attached hydrogens (tertiary/aromatic N) is 1. The van der Waals surface area contributed by atoms with Gasteiger partial charge in [-0.25, -0.2) is 10.2 Å². The molecule has 0 heterocycles. The lowest BCUT2D eigenvalue weighted by Gasteiger charge is -2.10. The van der Waals surface area contributed by atoms with Crippen LogP contribution < -0.4 is 24.4 Å². The molecule has 0 bridgehead atoms. The number of aryl methyl sites for hydroxylation is 1. The Hall–Kier alpha value is -4.33. The number of carbonyl (C=O) groups is 2. The lowest BCUT2D eigenvalue weighted by molar-refractivity contribution is -0.123. The number of hydrazone groups is 1. The molecule has 0 saturated carbocycles. The van der Waals surface area contributed by atoms with Crippen LogP contribution in [0.15, 0.2) is 71.8 Å². The number of benzene rings is 3. The fraction of sp³-hybridized carbons (Fsp3) is 0.250. The lowest BCUT2D eigenvalue weighted by atomic mass is 10.1. The van der Waals surface area contributed by atoms with Crippen LogP contribution in [-0.4, -0.2) is 38.4 Å². The van der Waals surface area contributed by atoms with E-state index >= 15 is 0 Å². The predicted molar refractivity (Wildman–Crippen MR) is 137 cm³/mol. The van der Waals surface area contributed by atoms with Crippen LogP contribution in [0, 0.1) is 6.92 Å². The topological polar surface area (TPSA) is 95.5 Å². The van der Waals surface area contributed by atoms with E-state index in [1.165, 1.54) is 13.3 Å². The molecule has 1 amide bonds. The normalized spacial score (nSPS) is 10.6. The fourth-order valence-electron chi connectivity index (χ4n) is 3.02. The smallest absolute Gasteiger partial charge is 0.343 e. The molecule has 0 aromatic heterocycles. The molecular formula is C28H30N2O6. The van der Waals surface area contributed by atoms with Gasteiger partial charge in [-0.2, -0.15) is 5.10 Å². The first-order chi connectivity index (χ1) is 17.5. The molecule has 0 saturated heterocycles. The number of hydrogen-bond acceptors (Lipinski definition) is 7. The van der Waals surface area contributed by atoms with Crippen LogP contribution in [0.1, 0.15) is 41.3 Å². The zero-order valence-corrected chi connectivity index (χ0v) is 20.7. The van der Waals surface area contributed by atoms with Gasteiger partial charge in [-0.15, -0.1) is 0 Å². The maximum Gasteiger partial charge on any atom is 0.343 e. The van der Waals surface area contributed by atoms with Gasteiger partial charge in [-0.3, -0.25) is 4.79 Å². The third kappa shape index (κ3) is 8.16. The molecule has 3 rings (SSSR count). The monoisotopic (exact) mass is 490 g/mol. The summed E-state index contributed by atoms with van der Waals surface area (Å²) in [6.07, 6.45) is 3.52. The van der Waals surface area contributed by atoms with Gasteiger partial charge in [-0.1, -0.05) is 31.0 Å². The second-order valence-corrected chi connectivity index (χ2v) is 7.92. The highest BCUT2D eigenvalue weighted by molar-refractivity contribution is 5.91. The number of methoxy groups -OCH3 is 1. The third-order valence-corrected chi connectivity index (χ3v) is 5.04. The quantitative estimate of drug-likeness (QED) is 0.127. The van der Waals surface area contributed by atoms with Crippen LogP contribution in [0.25, 0.3) is 0 Å². The van der Waals surface area contributed by atoms with E-state index in [4.69, 9.17) is 18.9 Å². The molecule has 3 aromatic rings. The lowest BCUT2D eigenvalue weighted by Crippen LogP contribution is -2.24. The van der Waals surface area contributed by atoms with Gasteiger partial charge in [0.1, 0.15) is 11.5 Å². The molecule has 8 heteroatoms. The van der Waals surface area contributed by atoms with Crippen LogP contribution in [0.3, 0.4) is 0 Å². The molecule has 1 N–H and O–H groups in total. The summed E-state index contributed by atoms with van der Waals surface area (Å²) in [6.45, 7) is 4.53. The molecule has 36 heavy (non-hydrogen) atoms. The number of unbranched alkanes of at least 4 members (excludes halogenated alkanes) is 1. The van der Waals surface area contributed by atoms with Crippen LogP contribution in [-0.2, 0) is 4.79 Å². The van der Waals surface area contributed by atoms with E-state index in [1.807, 2.05) is 19.1 Å². The number of esters is 1. The molecule has 0 aliphatic heterocycles. The van der Waals surface area contributed by atoms with Crippen molar-refractivity contribution in [2.75, 3.05) is 20.3 Å². The second-order valence-electron chi connectivity index (χ2n) is 7.92. The molecule has 8 nitrogen and oxygen atoms in total. The highest BCUT2D eigenvalue weighted by Gasteiger charge is 2.13. The fourth-order valence-corrected chi connectivity index (χ4v) is 3.02. The molecule has 0 unspecified atom stereocenters. The van der Waals surface area contributed by atoms with Crippen molar-refractivity contribution in [1.29, 1.82) is 0 Å². The second kappa shape index (κ2) is 13.5. The number of nitrogens with one attached hydrogen (secondary N) is 1. The molecule has 188 valence electrons. The van der Waals surface area contributed by atoms with Crippen molar-refractivity contribution in [3.63, 3.8) is 0 Å². The standard InChI is InChI=1S/C28H30N2O6/c1-4-5-16-34-23-11-13-24(14-12-23)35-19-27(31)30-29-18-21-8-15-25(26(17-21)33-3)36-28(32)22-9-6-20(2)7-10-22/h6-15,17-18H,4-5,16,19H2,1-3H3,(H,30,31). The van der Waals surface area contributed by atoms with E-state index in [0.717, 1.165) is 24.2 Å². The highest BCUT2D eigenvalue weighted by Crippen LogP contribution is 2.28. The number of hydrogen-bond donors (Lipinski definition) is 1. The van der Waals surface area contributed by atoms with Crippen molar-refractivity contribution in [3.05, 3.63) is 83.4 Å². The van der Waals surface area contributed by atoms with Gasteiger partial charge in [0.05, 0.1) is 25.5 Å². The Morgan fingerprint density at radius 3 is 2.28 bits per heavy atom. The predicted octanol–water partition coefficient (Wildman–Crippen LogP) is 4.93. The molecule has 3 aromatic carbocycles. The van der Waals surface area contributed by atoms with Crippen molar-refractivity contribution in [2.45, 2.75) is 26.7 Å². The van der Waals surface area contributed by atoms with Gasteiger partial charge in [0, 0.05) is 0 Å². The van der Waals surface area contributed by atoms with Gasteiger partial charge in [0.25, 0.3) is 5.91 Å². The summed E-state index contributed by atoms with van der Waals surface area (Å²) in [5.41, 5.74) is 4.54. The van der Waals surface area contributed by atoms with Gasteiger partial charge in [0.2, 0.25) is 0 Å². The Labute approximate surface area is 210 Å². The van der Waals surface area contributed by atoms with E-state index in [9.17, 15) is 9.59 Å². The van der Waals surface area contributed by atoms with Crippen LogP contribution >= 0.6 is 0 Å². The summed E-state index contributed by atoms with van der Waals surface area (Å²) in [4.78, 5) is 24.4. The largest absolute Gasteiger partial charge is 0.494 e. The maximum atomic E-state index is 12.4. The first kappa shape index (κ1) is 26.3. The molecule has 0 aliphatic carbocycles. The Morgan fingerprint density at radius 2 is 1.61 bits per heavy atom. The van der Waals surface area contributed by atoms with Gasteiger partial charge in [0.15, 0.2) is 18.1 Å². The average molecular weight is 491 g/mol. The third-order valence-electron chi connectivity index (χ3n) is 5.04. The Balaban J connectivity index is 1.48. The number of carbonyl (C=O) groups excluding carboxylic acids is 2.